The monoisotopic (exact) mass is 1220 g/mol. The number of nitrogens with zero attached hydrogens (tertiary/aromatic N) is 2. The molecule has 0 aromatic heterocycles. The van der Waals surface area contributed by atoms with Crippen molar-refractivity contribution in [3.8, 4) is 11.5 Å². The molecule has 0 amide bonds. The Morgan fingerprint density at radius 2 is 0.741 bits per heavy atom. The molecular weight excluding hydrogens is 1130 g/mol. The van der Waals surface area contributed by atoms with E-state index in [1.54, 1.807) is 25.1 Å². The van der Waals surface area contributed by atoms with Gasteiger partial charge in [0.2, 0.25) is 0 Å². The molecule has 0 saturated carbocycles. The third-order valence-electron chi connectivity index (χ3n) is 11.8. The van der Waals surface area contributed by atoms with Crippen molar-refractivity contribution >= 4 is 57.8 Å². The summed E-state index contributed by atoms with van der Waals surface area (Å²) < 4.78 is 10.8. The lowest BCUT2D eigenvalue weighted by atomic mass is 10.1. The van der Waals surface area contributed by atoms with Crippen LogP contribution >= 0.6 is 46.4 Å². The Kier molecular flexibility index (Phi) is 38.9. The standard InChI is InChI=1S/2C10H14O.C9H13N.C9H12.C8H9NO2.C8H10.2C7H6Cl2.C7H8/c1-3-8-11-10-6-4-9(2)5-7-10;1-3-7-11-10-6-4-5-9(2)8-10;1-8-4-6-9(7-5-8)10(2)3;1-7-4-8(2)6-9(3)5-7;1-6-3-4-7(2)8(5-6)9(10)11;1-7-4-3-5-8(2)6-7;1-5-2-6(8)4-7(9)3-5;1-5-6(8)3-2-4-7(5)9;1-7-5-3-2-4-6-7/h4-7H,3,8H2,1-2H3;4-6,8H,3,7H2,1-2H3;4-7H,1-3H3;4-6H,1-3H3;3-5H,1-2H3;3-6H,1-2H3;2*2-4H,1H3;2-6H,1H3. The average Bonchev–Trinajstić information content (AvgIpc) is 3.54. The van der Waals surface area contributed by atoms with E-state index >= 15 is 0 Å². The number of nitro benzene ring substituents is 1. The van der Waals surface area contributed by atoms with E-state index in [4.69, 9.17) is 55.9 Å². The van der Waals surface area contributed by atoms with Gasteiger partial charge >= 0.3 is 0 Å². The molecule has 0 N–H and O–H groups in total. The minimum absolute atomic E-state index is 0.199. The van der Waals surface area contributed by atoms with Gasteiger partial charge < -0.3 is 14.4 Å². The van der Waals surface area contributed by atoms with E-state index in [0.717, 1.165) is 64.3 Å². The summed E-state index contributed by atoms with van der Waals surface area (Å²) >= 11 is 22.8. The Balaban J connectivity index is 0.000000479. The van der Waals surface area contributed by atoms with E-state index in [-0.39, 0.29) is 10.6 Å². The Bertz CT molecular complexity index is 3090. The summed E-state index contributed by atoms with van der Waals surface area (Å²) in [5, 5.41) is 13.2. The predicted octanol–water partition coefficient (Wildman–Crippen LogP) is 23.4. The van der Waals surface area contributed by atoms with E-state index in [9.17, 15) is 10.1 Å². The lowest BCUT2D eigenvalue weighted by molar-refractivity contribution is -0.385. The number of anilines is 1. The van der Waals surface area contributed by atoms with E-state index in [0.29, 0.717) is 15.6 Å². The Labute approximate surface area is 531 Å². The maximum atomic E-state index is 10.4. The third-order valence-corrected chi connectivity index (χ3v) is 13.0. The number of nitro groups is 1. The first kappa shape index (κ1) is 76.0. The van der Waals surface area contributed by atoms with Crippen molar-refractivity contribution in [1.82, 2.24) is 0 Å². The van der Waals surface area contributed by atoms with Crippen LogP contribution in [0.1, 0.15) is 99.0 Å². The number of rotatable bonds is 8. The highest BCUT2D eigenvalue weighted by Crippen LogP contribution is 2.23. The molecule has 10 heteroatoms. The number of hydrogen-bond donors (Lipinski definition) is 0. The van der Waals surface area contributed by atoms with Gasteiger partial charge in [0.25, 0.3) is 5.69 Å². The number of ether oxygens (including phenoxy) is 2. The van der Waals surface area contributed by atoms with Crippen molar-refractivity contribution in [3.05, 3.63) is 303 Å². The largest absolute Gasteiger partial charge is 0.494 e. The molecule has 0 aliphatic heterocycles. The molecule has 0 heterocycles. The molecule has 0 bridgehead atoms. The van der Waals surface area contributed by atoms with Crippen LogP contribution in [0.15, 0.2) is 200 Å². The second-order valence-electron chi connectivity index (χ2n) is 20.9. The van der Waals surface area contributed by atoms with Crippen molar-refractivity contribution in [2.75, 3.05) is 32.2 Å². The topological polar surface area (TPSA) is 64.8 Å². The van der Waals surface area contributed by atoms with Crippen LogP contribution in [-0.2, 0) is 0 Å². The van der Waals surface area contributed by atoms with Crippen LogP contribution in [0, 0.1) is 100 Å². The van der Waals surface area contributed by atoms with Crippen molar-refractivity contribution < 1.29 is 14.4 Å². The Hall–Kier alpha value is -7.06. The van der Waals surface area contributed by atoms with Crippen LogP contribution in [0.5, 0.6) is 11.5 Å². The van der Waals surface area contributed by atoms with Crippen molar-refractivity contribution in [3.63, 3.8) is 0 Å². The van der Waals surface area contributed by atoms with Gasteiger partial charge in [0, 0.05) is 51.5 Å². The van der Waals surface area contributed by atoms with Crippen LogP contribution in [0.3, 0.4) is 0 Å². The predicted molar refractivity (Wildman–Crippen MR) is 372 cm³/mol. The maximum Gasteiger partial charge on any atom is 0.272 e. The summed E-state index contributed by atoms with van der Waals surface area (Å²) in [6.07, 6.45) is 2.13. The van der Waals surface area contributed by atoms with Crippen LogP contribution in [0.4, 0.5) is 11.4 Å². The smallest absolute Gasteiger partial charge is 0.272 e. The van der Waals surface area contributed by atoms with Gasteiger partial charge in [-0.05, 0) is 192 Å². The van der Waals surface area contributed by atoms with Crippen molar-refractivity contribution in [1.29, 1.82) is 0 Å². The molecule has 454 valence electrons. The van der Waals surface area contributed by atoms with Crippen LogP contribution in [0.25, 0.3) is 0 Å². The highest BCUT2D eigenvalue weighted by atomic mass is 35.5. The summed E-state index contributed by atoms with van der Waals surface area (Å²) in [5.41, 5.74) is 17.0. The first-order valence-corrected chi connectivity index (χ1v) is 30.0. The van der Waals surface area contributed by atoms with Gasteiger partial charge in [-0.2, -0.15) is 0 Å². The maximum absolute atomic E-state index is 10.4. The van der Waals surface area contributed by atoms with E-state index in [2.05, 4.69) is 184 Å². The van der Waals surface area contributed by atoms with Crippen LogP contribution < -0.4 is 14.4 Å². The molecule has 0 spiro atoms. The Morgan fingerprint density at radius 1 is 0.376 bits per heavy atom. The fourth-order valence-electron chi connectivity index (χ4n) is 7.36. The van der Waals surface area contributed by atoms with E-state index in [1.807, 2.05) is 114 Å². The molecule has 6 nitrogen and oxygen atoms in total. The van der Waals surface area contributed by atoms with Gasteiger partial charge in [-0.15, -0.1) is 0 Å². The average molecular weight is 1230 g/mol. The fourth-order valence-corrected chi connectivity index (χ4v) is 8.39. The summed E-state index contributed by atoms with van der Waals surface area (Å²) in [6.45, 7) is 32.2. The molecule has 9 aromatic carbocycles. The summed E-state index contributed by atoms with van der Waals surface area (Å²) in [6, 6.07) is 66.1. The van der Waals surface area contributed by atoms with Gasteiger partial charge in [0.1, 0.15) is 11.5 Å². The van der Waals surface area contributed by atoms with Crippen LogP contribution in [0.2, 0.25) is 20.1 Å². The van der Waals surface area contributed by atoms with Gasteiger partial charge in [0.15, 0.2) is 0 Å². The SMILES string of the molecule is CCCOc1ccc(C)cc1.CCCOc1cccc(C)c1.Cc1c(Cl)cccc1Cl.Cc1cc(C)cc(C)c1.Cc1cc(Cl)cc(Cl)c1.Cc1ccc(C)c([N+](=O)[O-])c1.Cc1ccc(N(C)C)cc1.Cc1cccc(C)c1.Cc1ccccc1. The molecule has 9 aromatic rings. The zero-order valence-corrected chi connectivity index (χ0v) is 56.4. The van der Waals surface area contributed by atoms with Gasteiger partial charge in [0.05, 0.1) is 18.1 Å². The summed E-state index contributed by atoms with van der Waals surface area (Å²) in [4.78, 5) is 12.1. The van der Waals surface area contributed by atoms with Crippen molar-refractivity contribution in [2.24, 2.45) is 0 Å². The molecule has 0 saturated heterocycles. The highest BCUT2D eigenvalue weighted by molar-refractivity contribution is 6.36. The molecule has 0 radical (unpaired) electrons. The highest BCUT2D eigenvalue weighted by Gasteiger charge is 2.08. The zero-order valence-electron chi connectivity index (χ0n) is 53.4. The molecule has 0 unspecified atom stereocenters. The second kappa shape index (κ2) is 43.5. The second-order valence-corrected chi connectivity index (χ2v) is 22.6. The number of hydrogen-bond acceptors (Lipinski definition) is 5. The van der Waals surface area contributed by atoms with E-state index < -0.39 is 0 Å². The minimum Gasteiger partial charge on any atom is -0.494 e. The van der Waals surface area contributed by atoms with Crippen molar-refractivity contribution in [2.45, 2.75) is 117 Å². The lowest BCUT2D eigenvalue weighted by Crippen LogP contribution is -2.07. The zero-order chi connectivity index (χ0) is 63.9. The number of benzene rings is 9. The fraction of sp³-hybridized carbons (Fsp3) is 0.280. The normalized spacial score (nSPS) is 9.52. The number of aryl methyl sites for hydroxylation is 12. The van der Waals surface area contributed by atoms with Gasteiger partial charge in [-0.3, -0.25) is 10.1 Å². The molecule has 0 aliphatic rings. The lowest BCUT2D eigenvalue weighted by Gasteiger charge is -2.11. The molecule has 9 rings (SSSR count). The molecule has 0 fully saturated rings. The summed E-state index contributed by atoms with van der Waals surface area (Å²) in [7, 11) is 4.09. The van der Waals surface area contributed by atoms with Gasteiger partial charge in [-0.1, -0.05) is 232 Å². The first-order chi connectivity index (χ1) is 40.2. The Morgan fingerprint density at radius 3 is 1.11 bits per heavy atom. The quantitative estimate of drug-likeness (QED) is 0.112. The summed E-state index contributed by atoms with van der Waals surface area (Å²) in [5.74, 6) is 1.95. The molecular formula is C75H92Cl4N2O4. The molecule has 0 aliphatic carbocycles. The number of halogens is 4. The first-order valence-electron chi connectivity index (χ1n) is 28.5. The molecule has 85 heavy (non-hydrogen) atoms. The minimum atomic E-state index is -0.359. The van der Waals surface area contributed by atoms with Gasteiger partial charge in [-0.25, -0.2) is 0 Å². The van der Waals surface area contributed by atoms with E-state index in [1.165, 1.54) is 55.8 Å². The molecule has 0 atom stereocenters. The third kappa shape index (κ3) is 37.1. The van der Waals surface area contributed by atoms with Crippen LogP contribution in [-0.4, -0.2) is 32.2 Å².